The van der Waals surface area contributed by atoms with Gasteiger partial charge in [0.05, 0.1) is 0 Å². The first-order valence-electron chi connectivity index (χ1n) is 4.82. The van der Waals surface area contributed by atoms with Crippen molar-refractivity contribution in [2.45, 2.75) is 13.5 Å². The molecule has 0 atom stereocenters. The topological polar surface area (TPSA) is 68.9 Å². The summed E-state index contributed by atoms with van der Waals surface area (Å²) in [6.07, 6.45) is 3.23. The first-order valence-corrected chi connectivity index (χ1v) is 5.70. The first kappa shape index (κ1) is 10.9. The van der Waals surface area contributed by atoms with Gasteiger partial charge < -0.3 is 5.73 Å². The minimum absolute atomic E-state index is 0.0958. The lowest BCUT2D eigenvalue weighted by atomic mass is 10.1. The predicted octanol–water partition coefficient (Wildman–Crippen LogP) is 1.54. The number of ketones is 1. The molecule has 2 N–H and O–H groups in total. The van der Waals surface area contributed by atoms with Crippen LogP contribution < -0.4 is 5.73 Å². The van der Waals surface area contributed by atoms with Crippen LogP contribution in [0.3, 0.4) is 0 Å². The van der Waals surface area contributed by atoms with Gasteiger partial charge in [-0.05, 0) is 18.6 Å². The molecule has 0 saturated heterocycles. The Labute approximate surface area is 97.2 Å². The summed E-state index contributed by atoms with van der Waals surface area (Å²) in [4.78, 5) is 20.2. The molecule has 0 aliphatic heterocycles. The standard InChI is InChI=1S/C11H11N3OS/c1-7-2-3-13-5-8(7)11(15)9-6-16-10(4-12)14-9/h2-3,5-6H,4,12H2,1H3. The summed E-state index contributed by atoms with van der Waals surface area (Å²) in [5.74, 6) is -0.0958. The van der Waals surface area contributed by atoms with Crippen molar-refractivity contribution < 1.29 is 4.79 Å². The van der Waals surface area contributed by atoms with Gasteiger partial charge in [0.2, 0.25) is 5.78 Å². The number of aromatic nitrogens is 2. The molecule has 2 rings (SSSR count). The van der Waals surface area contributed by atoms with E-state index in [1.54, 1.807) is 17.8 Å². The van der Waals surface area contributed by atoms with Crippen LogP contribution in [0.2, 0.25) is 0 Å². The molecule has 5 heteroatoms. The molecule has 0 amide bonds. The Kier molecular flexibility index (Phi) is 3.07. The fourth-order valence-electron chi connectivity index (χ4n) is 1.35. The molecule has 4 nitrogen and oxygen atoms in total. The van der Waals surface area contributed by atoms with Crippen molar-refractivity contribution in [3.05, 3.63) is 45.7 Å². The number of hydrogen-bond donors (Lipinski definition) is 1. The summed E-state index contributed by atoms with van der Waals surface area (Å²) in [5.41, 5.74) is 7.40. The third-order valence-corrected chi connectivity index (χ3v) is 3.11. The van der Waals surface area contributed by atoms with Gasteiger partial charge in [0.1, 0.15) is 10.7 Å². The Morgan fingerprint density at radius 1 is 1.56 bits per heavy atom. The molecule has 0 aliphatic carbocycles. The Hall–Kier alpha value is -1.59. The van der Waals surface area contributed by atoms with Crippen LogP contribution in [0.15, 0.2) is 23.8 Å². The molecule has 82 valence electrons. The molecule has 0 saturated carbocycles. The lowest BCUT2D eigenvalue weighted by Gasteiger charge is -2.00. The monoisotopic (exact) mass is 233 g/mol. The number of aryl methyl sites for hydroxylation is 1. The molecule has 0 unspecified atom stereocenters. The van der Waals surface area contributed by atoms with Crippen molar-refractivity contribution in [2.24, 2.45) is 5.73 Å². The molecule has 0 fully saturated rings. The number of pyridine rings is 1. The first-order chi connectivity index (χ1) is 7.72. The molecular weight excluding hydrogens is 222 g/mol. The number of rotatable bonds is 3. The second-order valence-corrected chi connectivity index (χ2v) is 4.29. The van der Waals surface area contributed by atoms with Crippen molar-refractivity contribution in [1.29, 1.82) is 0 Å². The quantitative estimate of drug-likeness (QED) is 0.816. The van der Waals surface area contributed by atoms with Gasteiger partial charge in [-0.2, -0.15) is 0 Å². The highest BCUT2D eigenvalue weighted by Crippen LogP contribution is 2.15. The molecule has 0 aromatic carbocycles. The molecule has 0 spiro atoms. The van der Waals surface area contributed by atoms with E-state index in [4.69, 9.17) is 5.73 Å². The molecular formula is C11H11N3OS. The summed E-state index contributed by atoms with van der Waals surface area (Å²) in [6.45, 7) is 2.25. The van der Waals surface area contributed by atoms with E-state index in [-0.39, 0.29) is 5.78 Å². The average Bonchev–Trinajstić information content (AvgIpc) is 2.77. The van der Waals surface area contributed by atoms with E-state index in [0.29, 0.717) is 17.8 Å². The highest BCUT2D eigenvalue weighted by molar-refractivity contribution is 7.09. The zero-order valence-corrected chi connectivity index (χ0v) is 9.62. The van der Waals surface area contributed by atoms with E-state index in [1.807, 2.05) is 13.0 Å². The molecule has 0 bridgehead atoms. The lowest BCUT2D eigenvalue weighted by Crippen LogP contribution is -2.05. The fourth-order valence-corrected chi connectivity index (χ4v) is 2.00. The summed E-state index contributed by atoms with van der Waals surface area (Å²) < 4.78 is 0. The number of carbonyl (C=O) groups excluding carboxylic acids is 1. The van der Waals surface area contributed by atoms with Gasteiger partial charge in [0.25, 0.3) is 0 Å². The van der Waals surface area contributed by atoms with E-state index < -0.39 is 0 Å². The molecule has 2 aromatic heterocycles. The van der Waals surface area contributed by atoms with E-state index in [0.717, 1.165) is 10.6 Å². The van der Waals surface area contributed by atoms with Crippen molar-refractivity contribution in [2.75, 3.05) is 0 Å². The number of nitrogens with zero attached hydrogens (tertiary/aromatic N) is 2. The van der Waals surface area contributed by atoms with Crippen molar-refractivity contribution in [3.63, 3.8) is 0 Å². The Balaban J connectivity index is 2.35. The third-order valence-electron chi connectivity index (χ3n) is 2.24. The van der Waals surface area contributed by atoms with Crippen LogP contribution in [0.25, 0.3) is 0 Å². The van der Waals surface area contributed by atoms with Gasteiger partial charge in [-0.15, -0.1) is 11.3 Å². The van der Waals surface area contributed by atoms with Crippen molar-refractivity contribution in [1.82, 2.24) is 9.97 Å². The van der Waals surface area contributed by atoms with Crippen LogP contribution in [0.4, 0.5) is 0 Å². The predicted molar refractivity (Wildman–Crippen MR) is 62.4 cm³/mol. The second kappa shape index (κ2) is 4.51. The van der Waals surface area contributed by atoms with Crippen LogP contribution >= 0.6 is 11.3 Å². The summed E-state index contributed by atoms with van der Waals surface area (Å²) in [6, 6.07) is 1.81. The highest BCUT2D eigenvalue weighted by atomic mass is 32.1. The van der Waals surface area contributed by atoms with E-state index in [1.165, 1.54) is 11.3 Å². The van der Waals surface area contributed by atoms with Crippen molar-refractivity contribution in [3.8, 4) is 0 Å². The second-order valence-electron chi connectivity index (χ2n) is 3.35. The maximum absolute atomic E-state index is 12.1. The minimum atomic E-state index is -0.0958. The SMILES string of the molecule is Cc1ccncc1C(=O)c1csc(CN)n1. The smallest absolute Gasteiger partial charge is 0.214 e. The average molecular weight is 233 g/mol. The van der Waals surface area contributed by atoms with Gasteiger partial charge in [-0.25, -0.2) is 4.98 Å². The maximum atomic E-state index is 12.1. The van der Waals surface area contributed by atoms with Crippen LogP contribution in [0.1, 0.15) is 26.6 Å². The van der Waals surface area contributed by atoms with E-state index in [2.05, 4.69) is 9.97 Å². The zero-order chi connectivity index (χ0) is 11.5. The molecule has 2 heterocycles. The zero-order valence-electron chi connectivity index (χ0n) is 8.80. The lowest BCUT2D eigenvalue weighted by molar-refractivity contribution is 0.103. The van der Waals surface area contributed by atoms with Crippen LogP contribution in [-0.4, -0.2) is 15.8 Å². The fraction of sp³-hybridized carbons (Fsp3) is 0.182. The van der Waals surface area contributed by atoms with Gasteiger partial charge in [0, 0.05) is 29.9 Å². The van der Waals surface area contributed by atoms with Gasteiger partial charge in [-0.1, -0.05) is 0 Å². The number of carbonyl (C=O) groups is 1. The van der Waals surface area contributed by atoms with E-state index >= 15 is 0 Å². The Morgan fingerprint density at radius 2 is 2.38 bits per heavy atom. The van der Waals surface area contributed by atoms with Gasteiger partial charge in [0.15, 0.2) is 0 Å². The Morgan fingerprint density at radius 3 is 3.00 bits per heavy atom. The Bertz CT molecular complexity index is 521. The van der Waals surface area contributed by atoms with Crippen LogP contribution in [0, 0.1) is 6.92 Å². The molecule has 0 aliphatic rings. The van der Waals surface area contributed by atoms with Crippen LogP contribution in [-0.2, 0) is 6.54 Å². The number of thiazole rings is 1. The number of nitrogens with two attached hydrogens (primary N) is 1. The van der Waals surface area contributed by atoms with Gasteiger partial charge >= 0.3 is 0 Å². The third kappa shape index (κ3) is 2.00. The van der Waals surface area contributed by atoms with Crippen molar-refractivity contribution >= 4 is 17.1 Å². The molecule has 2 aromatic rings. The summed E-state index contributed by atoms with van der Waals surface area (Å²) >= 11 is 1.40. The van der Waals surface area contributed by atoms with E-state index in [9.17, 15) is 4.79 Å². The maximum Gasteiger partial charge on any atom is 0.214 e. The summed E-state index contributed by atoms with van der Waals surface area (Å²) in [7, 11) is 0. The normalized spacial score (nSPS) is 10.4. The molecule has 0 radical (unpaired) electrons. The number of hydrogen-bond acceptors (Lipinski definition) is 5. The van der Waals surface area contributed by atoms with Crippen LogP contribution in [0.5, 0.6) is 0 Å². The minimum Gasteiger partial charge on any atom is -0.325 e. The van der Waals surface area contributed by atoms with Gasteiger partial charge in [-0.3, -0.25) is 9.78 Å². The molecule has 16 heavy (non-hydrogen) atoms. The summed E-state index contributed by atoms with van der Waals surface area (Å²) in [5, 5.41) is 2.50. The highest BCUT2D eigenvalue weighted by Gasteiger charge is 2.14. The largest absolute Gasteiger partial charge is 0.325 e.